The van der Waals surface area contributed by atoms with Crippen LogP contribution in [0.4, 0.5) is 8.78 Å². The van der Waals surface area contributed by atoms with Gasteiger partial charge in [-0.15, -0.1) is 10.2 Å². The molecule has 158 valence electrons. The van der Waals surface area contributed by atoms with Gasteiger partial charge in [0.15, 0.2) is 0 Å². The first-order valence-corrected chi connectivity index (χ1v) is 9.35. The minimum absolute atomic E-state index is 0.0604. The molecule has 0 spiro atoms. The van der Waals surface area contributed by atoms with Crippen LogP contribution in [0.3, 0.4) is 0 Å². The fraction of sp³-hybridized carbons (Fsp3) is 0.130. The van der Waals surface area contributed by atoms with Crippen LogP contribution in [0.25, 0.3) is 22.9 Å². The lowest BCUT2D eigenvalue weighted by Crippen LogP contribution is -2.01. The van der Waals surface area contributed by atoms with Crippen molar-refractivity contribution in [1.29, 1.82) is 0 Å². The molecule has 1 aromatic heterocycles. The SMILES string of the molecule is COc1cccc(OCc2ccc(-c3nnc(-c4ccc(OC(F)F)cc4)o3)cc2)c1. The van der Waals surface area contributed by atoms with E-state index in [9.17, 15) is 8.78 Å². The van der Waals surface area contributed by atoms with Gasteiger partial charge in [0.2, 0.25) is 11.8 Å². The van der Waals surface area contributed by atoms with E-state index >= 15 is 0 Å². The summed E-state index contributed by atoms with van der Waals surface area (Å²) >= 11 is 0. The molecule has 4 aromatic rings. The van der Waals surface area contributed by atoms with Crippen LogP contribution in [0.1, 0.15) is 5.56 Å². The molecule has 0 radical (unpaired) electrons. The van der Waals surface area contributed by atoms with E-state index in [4.69, 9.17) is 13.9 Å². The Bertz CT molecular complexity index is 1130. The van der Waals surface area contributed by atoms with E-state index in [1.54, 1.807) is 19.2 Å². The van der Waals surface area contributed by atoms with Crippen LogP contribution in [0.15, 0.2) is 77.2 Å². The lowest BCUT2D eigenvalue weighted by Gasteiger charge is -2.08. The first-order chi connectivity index (χ1) is 15.1. The summed E-state index contributed by atoms with van der Waals surface area (Å²) in [5.41, 5.74) is 2.33. The highest BCUT2D eigenvalue weighted by atomic mass is 19.3. The summed E-state index contributed by atoms with van der Waals surface area (Å²) in [6, 6.07) is 20.9. The zero-order valence-electron chi connectivity index (χ0n) is 16.5. The van der Waals surface area contributed by atoms with Crippen molar-refractivity contribution < 1.29 is 27.4 Å². The molecule has 0 saturated heterocycles. The average Bonchev–Trinajstić information content (AvgIpc) is 3.28. The van der Waals surface area contributed by atoms with E-state index in [1.165, 1.54) is 12.1 Å². The van der Waals surface area contributed by atoms with Crippen molar-refractivity contribution in [2.75, 3.05) is 7.11 Å². The number of benzene rings is 3. The molecule has 6 nitrogen and oxygen atoms in total. The molecular weight excluding hydrogens is 406 g/mol. The first-order valence-electron chi connectivity index (χ1n) is 9.35. The minimum atomic E-state index is -2.87. The van der Waals surface area contributed by atoms with Crippen molar-refractivity contribution in [1.82, 2.24) is 10.2 Å². The standard InChI is InChI=1S/C23H18F2N2O4/c1-28-19-3-2-4-20(13-19)29-14-15-5-7-16(8-6-15)21-26-27-22(31-21)17-9-11-18(12-10-17)30-23(24)25/h2-13,23H,14H2,1H3. The monoisotopic (exact) mass is 424 g/mol. The maximum absolute atomic E-state index is 12.3. The number of methoxy groups -OCH3 is 1. The maximum Gasteiger partial charge on any atom is 0.387 e. The van der Waals surface area contributed by atoms with E-state index in [-0.39, 0.29) is 11.6 Å². The lowest BCUT2D eigenvalue weighted by molar-refractivity contribution is -0.0498. The summed E-state index contributed by atoms with van der Waals surface area (Å²) < 4.78 is 45.5. The molecule has 0 saturated carbocycles. The third-order valence-corrected chi connectivity index (χ3v) is 4.40. The molecule has 31 heavy (non-hydrogen) atoms. The van der Waals surface area contributed by atoms with E-state index in [1.807, 2.05) is 48.5 Å². The topological polar surface area (TPSA) is 66.6 Å². The van der Waals surface area contributed by atoms with Crippen LogP contribution < -0.4 is 14.2 Å². The summed E-state index contributed by atoms with van der Waals surface area (Å²) in [7, 11) is 1.61. The van der Waals surface area contributed by atoms with Crippen molar-refractivity contribution in [3.8, 4) is 40.2 Å². The highest BCUT2D eigenvalue weighted by Crippen LogP contribution is 2.26. The number of ether oxygens (including phenoxy) is 3. The average molecular weight is 424 g/mol. The van der Waals surface area contributed by atoms with E-state index in [2.05, 4.69) is 14.9 Å². The Balaban J connectivity index is 1.41. The summed E-state index contributed by atoms with van der Waals surface area (Å²) in [6.45, 7) is -2.47. The number of halogens is 2. The minimum Gasteiger partial charge on any atom is -0.497 e. The fourth-order valence-electron chi connectivity index (χ4n) is 2.84. The summed E-state index contributed by atoms with van der Waals surface area (Å²) in [4.78, 5) is 0. The Morgan fingerprint density at radius 1 is 0.806 bits per heavy atom. The van der Waals surface area contributed by atoms with Crippen molar-refractivity contribution in [3.63, 3.8) is 0 Å². The van der Waals surface area contributed by atoms with Gasteiger partial charge in [-0.1, -0.05) is 18.2 Å². The molecule has 0 aliphatic carbocycles. The van der Waals surface area contributed by atoms with Gasteiger partial charge in [-0.3, -0.25) is 0 Å². The fourth-order valence-corrected chi connectivity index (χ4v) is 2.84. The second-order valence-electron chi connectivity index (χ2n) is 6.48. The summed E-state index contributed by atoms with van der Waals surface area (Å²) in [5, 5.41) is 8.09. The molecule has 1 heterocycles. The smallest absolute Gasteiger partial charge is 0.387 e. The number of nitrogens with zero attached hydrogens (tertiary/aromatic N) is 2. The summed E-state index contributed by atoms with van der Waals surface area (Å²) in [5.74, 6) is 2.14. The van der Waals surface area contributed by atoms with E-state index < -0.39 is 6.61 Å². The Labute approximate surface area is 177 Å². The lowest BCUT2D eigenvalue weighted by atomic mass is 10.1. The second-order valence-corrected chi connectivity index (χ2v) is 6.48. The Hall–Kier alpha value is -3.94. The molecule has 0 N–H and O–H groups in total. The van der Waals surface area contributed by atoms with Gasteiger partial charge in [-0.05, 0) is 54.1 Å². The Morgan fingerprint density at radius 2 is 1.42 bits per heavy atom. The van der Waals surface area contributed by atoms with Gasteiger partial charge in [0, 0.05) is 17.2 Å². The maximum atomic E-state index is 12.3. The van der Waals surface area contributed by atoms with Gasteiger partial charge >= 0.3 is 6.61 Å². The van der Waals surface area contributed by atoms with Crippen molar-refractivity contribution in [2.45, 2.75) is 13.2 Å². The number of aromatic nitrogens is 2. The third-order valence-electron chi connectivity index (χ3n) is 4.40. The van der Waals surface area contributed by atoms with Gasteiger partial charge in [0.1, 0.15) is 23.9 Å². The number of hydrogen-bond acceptors (Lipinski definition) is 6. The van der Waals surface area contributed by atoms with Crippen molar-refractivity contribution in [3.05, 3.63) is 78.4 Å². The van der Waals surface area contributed by atoms with Gasteiger partial charge in [0.25, 0.3) is 0 Å². The van der Waals surface area contributed by atoms with Crippen LogP contribution >= 0.6 is 0 Å². The number of rotatable bonds is 8. The largest absolute Gasteiger partial charge is 0.497 e. The molecule has 0 atom stereocenters. The van der Waals surface area contributed by atoms with Crippen LogP contribution in [0.5, 0.6) is 17.2 Å². The summed E-state index contributed by atoms with van der Waals surface area (Å²) in [6.07, 6.45) is 0. The highest BCUT2D eigenvalue weighted by molar-refractivity contribution is 5.58. The molecular formula is C23H18F2N2O4. The molecule has 3 aromatic carbocycles. The zero-order valence-corrected chi connectivity index (χ0v) is 16.5. The Kier molecular flexibility index (Phi) is 6.07. The molecule has 0 unspecified atom stereocenters. The van der Waals surface area contributed by atoms with Crippen LogP contribution in [-0.2, 0) is 6.61 Å². The Morgan fingerprint density at radius 3 is 2.03 bits per heavy atom. The predicted octanol–water partition coefficient (Wildman–Crippen LogP) is 5.59. The first kappa shape index (κ1) is 20.3. The van der Waals surface area contributed by atoms with Crippen LogP contribution in [-0.4, -0.2) is 23.9 Å². The zero-order chi connectivity index (χ0) is 21.6. The van der Waals surface area contributed by atoms with Gasteiger partial charge < -0.3 is 18.6 Å². The molecule has 0 aliphatic rings. The predicted molar refractivity (Wildman–Crippen MR) is 109 cm³/mol. The van der Waals surface area contributed by atoms with Crippen LogP contribution in [0.2, 0.25) is 0 Å². The van der Waals surface area contributed by atoms with Crippen molar-refractivity contribution in [2.24, 2.45) is 0 Å². The number of hydrogen-bond donors (Lipinski definition) is 0. The molecule has 0 fully saturated rings. The van der Waals surface area contributed by atoms with E-state index in [0.29, 0.717) is 18.1 Å². The molecule has 0 amide bonds. The molecule has 0 bridgehead atoms. The molecule has 8 heteroatoms. The van der Waals surface area contributed by atoms with E-state index in [0.717, 1.165) is 22.6 Å². The van der Waals surface area contributed by atoms with Gasteiger partial charge in [-0.25, -0.2) is 0 Å². The quantitative estimate of drug-likeness (QED) is 0.367. The van der Waals surface area contributed by atoms with Gasteiger partial charge in [0.05, 0.1) is 7.11 Å². The second kappa shape index (κ2) is 9.25. The third kappa shape index (κ3) is 5.16. The number of alkyl halides is 2. The molecule has 4 rings (SSSR count). The highest BCUT2D eigenvalue weighted by Gasteiger charge is 2.12. The normalized spacial score (nSPS) is 10.8. The van der Waals surface area contributed by atoms with Crippen molar-refractivity contribution >= 4 is 0 Å². The van der Waals surface area contributed by atoms with Crippen LogP contribution in [0, 0.1) is 0 Å². The van der Waals surface area contributed by atoms with Gasteiger partial charge in [-0.2, -0.15) is 8.78 Å². The molecule has 0 aliphatic heterocycles.